The van der Waals surface area contributed by atoms with Gasteiger partial charge in [-0.2, -0.15) is 0 Å². The van der Waals surface area contributed by atoms with Gasteiger partial charge in [0, 0.05) is 17.8 Å². The van der Waals surface area contributed by atoms with Gasteiger partial charge in [-0.25, -0.2) is 0 Å². The van der Waals surface area contributed by atoms with Crippen molar-refractivity contribution in [1.82, 2.24) is 0 Å². The lowest BCUT2D eigenvalue weighted by atomic mass is 10.1. The number of benzene rings is 1. The number of anilines is 1. The maximum absolute atomic E-state index is 6.00. The highest BCUT2D eigenvalue weighted by Crippen LogP contribution is 2.21. The molecule has 0 amide bonds. The van der Waals surface area contributed by atoms with Crippen molar-refractivity contribution in [2.75, 3.05) is 5.32 Å². The number of nitrogens with two attached hydrogens (primary N) is 1. The van der Waals surface area contributed by atoms with Gasteiger partial charge in [0.25, 0.3) is 0 Å². The highest BCUT2D eigenvalue weighted by atomic mass is 15.0. The number of aryl methyl sites for hydroxylation is 1. The Kier molecular flexibility index (Phi) is 2.73. The Balaban J connectivity index is 2.03. The van der Waals surface area contributed by atoms with Gasteiger partial charge in [-0.1, -0.05) is 12.1 Å². The summed E-state index contributed by atoms with van der Waals surface area (Å²) in [4.78, 5) is 0. The third-order valence-electron chi connectivity index (χ3n) is 2.94. The fraction of sp³-hybridized carbons (Fsp3) is 0.500. The van der Waals surface area contributed by atoms with Crippen molar-refractivity contribution in [3.8, 4) is 0 Å². The van der Waals surface area contributed by atoms with Gasteiger partial charge in [0.2, 0.25) is 0 Å². The maximum Gasteiger partial charge on any atom is 0.0412 e. The van der Waals surface area contributed by atoms with Gasteiger partial charge in [0.15, 0.2) is 0 Å². The van der Waals surface area contributed by atoms with Crippen LogP contribution in [0.2, 0.25) is 0 Å². The van der Waals surface area contributed by atoms with Gasteiger partial charge in [-0.3, -0.25) is 0 Å². The Morgan fingerprint density at radius 2 is 2.21 bits per heavy atom. The average Bonchev–Trinajstić information content (AvgIpc) is 2.52. The Hall–Kier alpha value is -1.02. The van der Waals surface area contributed by atoms with Crippen LogP contribution in [0.4, 0.5) is 5.69 Å². The van der Waals surface area contributed by atoms with Crippen molar-refractivity contribution in [2.45, 2.75) is 38.3 Å². The first-order valence-electron chi connectivity index (χ1n) is 5.34. The monoisotopic (exact) mass is 190 g/mol. The van der Waals surface area contributed by atoms with Crippen LogP contribution >= 0.6 is 0 Å². The fourth-order valence-electron chi connectivity index (χ4n) is 2.12. The van der Waals surface area contributed by atoms with E-state index in [0.717, 1.165) is 6.42 Å². The van der Waals surface area contributed by atoms with Crippen LogP contribution in [-0.2, 0) is 0 Å². The van der Waals surface area contributed by atoms with Crippen molar-refractivity contribution in [3.63, 3.8) is 0 Å². The lowest BCUT2D eigenvalue weighted by Gasteiger charge is -2.18. The molecule has 0 radical (unpaired) electrons. The van der Waals surface area contributed by atoms with Crippen LogP contribution < -0.4 is 11.1 Å². The Labute approximate surface area is 85.5 Å². The zero-order valence-electron chi connectivity index (χ0n) is 8.66. The summed E-state index contributed by atoms with van der Waals surface area (Å²) in [5.41, 5.74) is 8.50. The number of rotatable bonds is 2. The van der Waals surface area contributed by atoms with Crippen LogP contribution in [0.1, 0.15) is 24.8 Å². The molecule has 76 valence electrons. The summed E-state index contributed by atoms with van der Waals surface area (Å²) < 4.78 is 0. The molecule has 0 bridgehead atoms. The van der Waals surface area contributed by atoms with Gasteiger partial charge >= 0.3 is 0 Å². The maximum atomic E-state index is 6.00. The Morgan fingerprint density at radius 3 is 2.86 bits per heavy atom. The van der Waals surface area contributed by atoms with E-state index in [0.29, 0.717) is 12.1 Å². The van der Waals surface area contributed by atoms with Crippen LogP contribution in [0.25, 0.3) is 0 Å². The topological polar surface area (TPSA) is 38.0 Å². The van der Waals surface area contributed by atoms with Gasteiger partial charge in [-0.05, 0) is 43.9 Å². The van der Waals surface area contributed by atoms with E-state index >= 15 is 0 Å². The molecule has 0 saturated heterocycles. The van der Waals surface area contributed by atoms with Gasteiger partial charge < -0.3 is 11.1 Å². The van der Waals surface area contributed by atoms with Gasteiger partial charge in [-0.15, -0.1) is 0 Å². The molecule has 0 aliphatic heterocycles. The molecular formula is C12H18N2. The molecule has 2 heteroatoms. The van der Waals surface area contributed by atoms with E-state index in [1.807, 2.05) is 0 Å². The first-order chi connectivity index (χ1) is 6.75. The molecule has 1 aromatic rings. The van der Waals surface area contributed by atoms with E-state index in [4.69, 9.17) is 5.73 Å². The molecule has 3 N–H and O–H groups in total. The van der Waals surface area contributed by atoms with E-state index in [2.05, 4.69) is 36.5 Å². The molecule has 0 heterocycles. The smallest absolute Gasteiger partial charge is 0.0412 e. The molecule has 1 saturated carbocycles. The van der Waals surface area contributed by atoms with E-state index in [-0.39, 0.29) is 0 Å². The summed E-state index contributed by atoms with van der Waals surface area (Å²) in [5.74, 6) is 0. The highest BCUT2D eigenvalue weighted by Gasteiger charge is 2.23. The minimum absolute atomic E-state index is 0.329. The first kappa shape index (κ1) is 9.53. The fourth-order valence-corrected chi connectivity index (χ4v) is 2.12. The quantitative estimate of drug-likeness (QED) is 0.751. The van der Waals surface area contributed by atoms with Crippen molar-refractivity contribution in [2.24, 2.45) is 5.73 Å². The van der Waals surface area contributed by atoms with E-state index < -0.39 is 0 Å². The second-order valence-corrected chi connectivity index (χ2v) is 4.22. The zero-order valence-corrected chi connectivity index (χ0v) is 8.66. The predicted molar refractivity (Wildman–Crippen MR) is 60.4 cm³/mol. The molecule has 1 aromatic carbocycles. The predicted octanol–water partition coefficient (Wildman–Crippen LogP) is 2.29. The third kappa shape index (κ3) is 2.07. The van der Waals surface area contributed by atoms with Crippen LogP contribution in [0.3, 0.4) is 0 Å². The molecule has 2 rings (SSSR count). The molecule has 0 aromatic heterocycles. The average molecular weight is 190 g/mol. The Morgan fingerprint density at radius 1 is 1.36 bits per heavy atom. The minimum Gasteiger partial charge on any atom is -0.381 e. The Bertz CT molecular complexity index is 309. The highest BCUT2D eigenvalue weighted by molar-refractivity contribution is 5.46. The molecule has 14 heavy (non-hydrogen) atoms. The van der Waals surface area contributed by atoms with Crippen molar-refractivity contribution in [1.29, 1.82) is 0 Å². The molecule has 2 nitrogen and oxygen atoms in total. The molecule has 0 spiro atoms. The summed E-state index contributed by atoms with van der Waals surface area (Å²) in [6.45, 7) is 2.11. The van der Waals surface area contributed by atoms with Crippen molar-refractivity contribution in [3.05, 3.63) is 29.8 Å². The largest absolute Gasteiger partial charge is 0.381 e. The normalized spacial score (nSPS) is 26.4. The van der Waals surface area contributed by atoms with Crippen LogP contribution in [0, 0.1) is 6.92 Å². The molecule has 2 unspecified atom stereocenters. The van der Waals surface area contributed by atoms with Gasteiger partial charge in [0.1, 0.15) is 0 Å². The molecule has 1 aliphatic carbocycles. The summed E-state index contributed by atoms with van der Waals surface area (Å²) >= 11 is 0. The van der Waals surface area contributed by atoms with Crippen LogP contribution in [-0.4, -0.2) is 12.1 Å². The van der Waals surface area contributed by atoms with Crippen molar-refractivity contribution >= 4 is 5.69 Å². The lowest BCUT2D eigenvalue weighted by molar-refractivity contribution is 0.638. The summed E-state index contributed by atoms with van der Waals surface area (Å²) in [6.07, 6.45) is 3.61. The lowest BCUT2D eigenvalue weighted by Crippen LogP contribution is -2.35. The van der Waals surface area contributed by atoms with E-state index in [1.165, 1.54) is 24.1 Å². The zero-order chi connectivity index (χ0) is 9.97. The summed E-state index contributed by atoms with van der Waals surface area (Å²) in [5, 5.41) is 3.51. The summed E-state index contributed by atoms with van der Waals surface area (Å²) in [6, 6.07) is 9.27. The van der Waals surface area contributed by atoms with Crippen LogP contribution in [0.5, 0.6) is 0 Å². The summed E-state index contributed by atoms with van der Waals surface area (Å²) in [7, 11) is 0. The SMILES string of the molecule is Cc1cccc(NC2CCCC2N)c1. The standard InChI is InChI=1S/C12H18N2/c1-9-4-2-5-10(8-9)14-12-7-3-6-11(12)13/h2,4-5,8,11-12,14H,3,6-7,13H2,1H3. The molecule has 1 fully saturated rings. The third-order valence-corrected chi connectivity index (χ3v) is 2.94. The molecule has 1 aliphatic rings. The number of nitrogens with one attached hydrogen (secondary N) is 1. The molecule has 2 atom stereocenters. The van der Waals surface area contributed by atoms with Crippen LogP contribution in [0.15, 0.2) is 24.3 Å². The number of hydrogen-bond donors (Lipinski definition) is 2. The van der Waals surface area contributed by atoms with E-state index in [1.54, 1.807) is 0 Å². The second-order valence-electron chi connectivity index (χ2n) is 4.22. The van der Waals surface area contributed by atoms with E-state index in [9.17, 15) is 0 Å². The van der Waals surface area contributed by atoms with Gasteiger partial charge in [0.05, 0.1) is 0 Å². The second kappa shape index (κ2) is 4.01. The number of hydrogen-bond acceptors (Lipinski definition) is 2. The minimum atomic E-state index is 0.329. The first-order valence-corrected chi connectivity index (χ1v) is 5.34. The molecular weight excluding hydrogens is 172 g/mol. The van der Waals surface area contributed by atoms with Crippen molar-refractivity contribution < 1.29 is 0 Å².